The Kier molecular flexibility index (Phi) is 4.48. The molecule has 5 heteroatoms. The predicted molar refractivity (Wildman–Crippen MR) is 84.7 cm³/mol. The maximum atomic E-state index is 12.5. The minimum atomic E-state index is -0.298. The van der Waals surface area contributed by atoms with E-state index in [-0.39, 0.29) is 11.3 Å². The van der Waals surface area contributed by atoms with Crippen molar-refractivity contribution in [2.24, 2.45) is 0 Å². The zero-order chi connectivity index (χ0) is 14.7. The number of nitrogens with zero attached hydrogens (tertiary/aromatic N) is 1. The minimum absolute atomic E-state index is 0.167. The third-order valence-electron chi connectivity index (χ3n) is 4.50. The number of nitrogens with one attached hydrogen (secondary N) is 2. The molecule has 0 radical (unpaired) electrons. The Balaban J connectivity index is 1.51. The van der Waals surface area contributed by atoms with Gasteiger partial charge in [-0.05, 0) is 30.5 Å². The zero-order valence-electron chi connectivity index (χ0n) is 12.2. The lowest BCUT2D eigenvalue weighted by Gasteiger charge is -2.27. The highest BCUT2D eigenvalue weighted by molar-refractivity contribution is 6.30. The molecular formula is C16H22ClN3O. The molecule has 114 valence electrons. The molecule has 0 aromatic heterocycles. The molecule has 0 atom stereocenters. The van der Waals surface area contributed by atoms with E-state index in [4.69, 9.17) is 11.6 Å². The molecule has 0 spiro atoms. The van der Waals surface area contributed by atoms with E-state index in [1.807, 2.05) is 24.3 Å². The van der Waals surface area contributed by atoms with E-state index in [9.17, 15) is 4.79 Å². The van der Waals surface area contributed by atoms with Gasteiger partial charge in [0.05, 0.1) is 5.41 Å². The quantitative estimate of drug-likeness (QED) is 0.864. The van der Waals surface area contributed by atoms with Crippen LogP contribution in [0.25, 0.3) is 0 Å². The van der Waals surface area contributed by atoms with Gasteiger partial charge in [-0.15, -0.1) is 0 Å². The first-order chi connectivity index (χ1) is 10.2. The van der Waals surface area contributed by atoms with Crippen LogP contribution in [0.4, 0.5) is 0 Å². The van der Waals surface area contributed by atoms with E-state index in [1.54, 1.807) is 0 Å². The summed E-state index contributed by atoms with van der Waals surface area (Å²) in [6.45, 7) is 5.89. The Morgan fingerprint density at radius 3 is 2.52 bits per heavy atom. The maximum Gasteiger partial charge on any atom is 0.230 e. The van der Waals surface area contributed by atoms with E-state index in [1.165, 1.54) is 0 Å². The molecule has 1 amide bonds. The smallest absolute Gasteiger partial charge is 0.230 e. The van der Waals surface area contributed by atoms with Crippen molar-refractivity contribution in [1.82, 2.24) is 15.5 Å². The lowest BCUT2D eigenvalue weighted by molar-refractivity contribution is -0.123. The first-order valence-electron chi connectivity index (χ1n) is 7.68. The number of benzene rings is 1. The molecule has 1 aromatic carbocycles. The molecule has 1 aromatic rings. The summed E-state index contributed by atoms with van der Waals surface area (Å²) in [7, 11) is 0. The second-order valence-electron chi connectivity index (χ2n) is 5.94. The van der Waals surface area contributed by atoms with Crippen LogP contribution < -0.4 is 10.6 Å². The average Bonchev–Trinajstić information content (AvgIpc) is 3.31. The third-order valence-corrected chi connectivity index (χ3v) is 4.76. The van der Waals surface area contributed by atoms with Crippen molar-refractivity contribution in [2.45, 2.75) is 18.3 Å². The van der Waals surface area contributed by atoms with Gasteiger partial charge >= 0.3 is 0 Å². The highest BCUT2D eigenvalue weighted by Crippen LogP contribution is 2.48. The van der Waals surface area contributed by atoms with Crippen molar-refractivity contribution in [3.05, 3.63) is 34.9 Å². The summed E-state index contributed by atoms with van der Waals surface area (Å²) in [5.41, 5.74) is 0.792. The van der Waals surface area contributed by atoms with Crippen molar-refractivity contribution in [3.63, 3.8) is 0 Å². The normalized spacial score (nSPS) is 21.0. The van der Waals surface area contributed by atoms with Gasteiger partial charge in [0.15, 0.2) is 0 Å². The van der Waals surface area contributed by atoms with Crippen molar-refractivity contribution in [3.8, 4) is 0 Å². The SMILES string of the molecule is O=C(NCCN1CCNCC1)C1(c2ccc(Cl)cc2)CC1. The highest BCUT2D eigenvalue weighted by atomic mass is 35.5. The van der Waals surface area contributed by atoms with E-state index in [2.05, 4.69) is 15.5 Å². The summed E-state index contributed by atoms with van der Waals surface area (Å²) in [6.07, 6.45) is 1.88. The van der Waals surface area contributed by atoms with Crippen LogP contribution in [0, 0.1) is 0 Å². The summed E-state index contributed by atoms with van der Waals surface area (Å²) < 4.78 is 0. The van der Waals surface area contributed by atoms with Crippen LogP contribution in [0.2, 0.25) is 5.02 Å². The molecule has 21 heavy (non-hydrogen) atoms. The lowest BCUT2D eigenvalue weighted by atomic mass is 9.95. The molecule has 1 saturated heterocycles. The second kappa shape index (κ2) is 6.34. The third kappa shape index (κ3) is 3.39. The second-order valence-corrected chi connectivity index (χ2v) is 6.37. The molecular weight excluding hydrogens is 286 g/mol. The number of halogens is 1. The Morgan fingerprint density at radius 2 is 1.90 bits per heavy atom. The largest absolute Gasteiger partial charge is 0.354 e. The Labute approximate surface area is 130 Å². The van der Waals surface area contributed by atoms with Gasteiger partial charge in [0.2, 0.25) is 5.91 Å². The van der Waals surface area contributed by atoms with Crippen LogP contribution in [-0.2, 0) is 10.2 Å². The Hall–Kier alpha value is -1.10. The monoisotopic (exact) mass is 307 g/mol. The minimum Gasteiger partial charge on any atom is -0.354 e. The molecule has 2 aliphatic rings. The van der Waals surface area contributed by atoms with Crippen LogP contribution in [0.5, 0.6) is 0 Å². The van der Waals surface area contributed by atoms with E-state index in [0.717, 1.165) is 57.7 Å². The van der Waals surface area contributed by atoms with E-state index < -0.39 is 0 Å². The number of carbonyl (C=O) groups is 1. The van der Waals surface area contributed by atoms with Crippen LogP contribution >= 0.6 is 11.6 Å². The topological polar surface area (TPSA) is 44.4 Å². The molecule has 4 nitrogen and oxygen atoms in total. The number of hydrogen-bond acceptors (Lipinski definition) is 3. The fourth-order valence-corrected chi connectivity index (χ4v) is 3.10. The molecule has 0 bridgehead atoms. The van der Waals surface area contributed by atoms with Gasteiger partial charge in [-0.1, -0.05) is 23.7 Å². The van der Waals surface area contributed by atoms with Gasteiger partial charge in [-0.3, -0.25) is 9.69 Å². The molecule has 1 heterocycles. The van der Waals surface area contributed by atoms with Crippen molar-refractivity contribution in [2.75, 3.05) is 39.3 Å². The summed E-state index contributed by atoms with van der Waals surface area (Å²) in [6, 6.07) is 7.69. The molecule has 2 fully saturated rings. The fraction of sp³-hybridized carbons (Fsp3) is 0.562. The fourth-order valence-electron chi connectivity index (χ4n) is 2.97. The van der Waals surface area contributed by atoms with Crippen molar-refractivity contribution >= 4 is 17.5 Å². The molecule has 1 saturated carbocycles. The van der Waals surface area contributed by atoms with Gasteiger partial charge in [0, 0.05) is 44.3 Å². The van der Waals surface area contributed by atoms with Crippen molar-refractivity contribution in [1.29, 1.82) is 0 Å². The number of hydrogen-bond donors (Lipinski definition) is 2. The molecule has 2 N–H and O–H groups in total. The van der Waals surface area contributed by atoms with Crippen LogP contribution in [0.1, 0.15) is 18.4 Å². The van der Waals surface area contributed by atoms with Gasteiger partial charge in [-0.25, -0.2) is 0 Å². The number of amides is 1. The number of carbonyl (C=O) groups excluding carboxylic acids is 1. The molecule has 1 aliphatic heterocycles. The number of rotatable bonds is 5. The average molecular weight is 308 g/mol. The van der Waals surface area contributed by atoms with Crippen LogP contribution in [0.15, 0.2) is 24.3 Å². The Bertz CT molecular complexity index is 493. The first-order valence-corrected chi connectivity index (χ1v) is 8.06. The van der Waals surface area contributed by atoms with Gasteiger partial charge in [0.25, 0.3) is 0 Å². The van der Waals surface area contributed by atoms with Crippen LogP contribution in [0.3, 0.4) is 0 Å². The first kappa shape index (κ1) is 14.8. The zero-order valence-corrected chi connectivity index (χ0v) is 13.0. The standard InChI is InChI=1S/C16H22ClN3O/c17-14-3-1-13(2-4-14)16(5-6-16)15(21)19-9-12-20-10-7-18-8-11-20/h1-4,18H,5-12H2,(H,19,21). The lowest BCUT2D eigenvalue weighted by Crippen LogP contribution is -2.47. The van der Waals surface area contributed by atoms with Gasteiger partial charge < -0.3 is 10.6 Å². The van der Waals surface area contributed by atoms with E-state index in [0.29, 0.717) is 5.02 Å². The van der Waals surface area contributed by atoms with Gasteiger partial charge in [0.1, 0.15) is 0 Å². The summed E-state index contributed by atoms with van der Waals surface area (Å²) in [5.74, 6) is 0.167. The van der Waals surface area contributed by atoms with E-state index >= 15 is 0 Å². The summed E-state index contributed by atoms with van der Waals surface area (Å²) in [4.78, 5) is 14.9. The van der Waals surface area contributed by atoms with Gasteiger partial charge in [-0.2, -0.15) is 0 Å². The maximum absolute atomic E-state index is 12.5. The molecule has 1 aliphatic carbocycles. The predicted octanol–water partition coefficient (Wildman–Crippen LogP) is 1.39. The van der Waals surface area contributed by atoms with Crippen molar-refractivity contribution < 1.29 is 4.79 Å². The molecule has 0 unspecified atom stereocenters. The molecule has 3 rings (SSSR count). The van der Waals surface area contributed by atoms with Crippen LogP contribution in [-0.4, -0.2) is 50.1 Å². The number of piperazine rings is 1. The highest BCUT2D eigenvalue weighted by Gasteiger charge is 2.50. The Morgan fingerprint density at radius 1 is 1.24 bits per heavy atom. The summed E-state index contributed by atoms with van der Waals surface area (Å²) >= 11 is 5.92. The summed E-state index contributed by atoms with van der Waals surface area (Å²) in [5, 5.41) is 7.16.